The van der Waals surface area contributed by atoms with Crippen LogP contribution in [0.1, 0.15) is 37.7 Å². The Hall–Kier alpha value is -2.01. The quantitative estimate of drug-likeness (QED) is 0.348. The van der Waals surface area contributed by atoms with Crippen molar-refractivity contribution in [3.63, 3.8) is 0 Å². The van der Waals surface area contributed by atoms with Gasteiger partial charge in [0.15, 0.2) is 0 Å². The van der Waals surface area contributed by atoms with Gasteiger partial charge in [0.05, 0.1) is 23.7 Å². The largest absolute Gasteiger partial charge is 0.497 e. The zero-order valence-electron chi connectivity index (χ0n) is 15.1. The first-order valence-electron chi connectivity index (χ1n) is 8.40. The number of carbonyl (C=O) groups excluding carboxylic acids is 1. The number of aromatic nitrogens is 1. The molecule has 1 heterocycles. The van der Waals surface area contributed by atoms with Gasteiger partial charge in [0.1, 0.15) is 11.5 Å². The Morgan fingerprint density at radius 3 is 2.60 bits per heavy atom. The molecule has 0 radical (unpaired) electrons. The van der Waals surface area contributed by atoms with Crippen molar-refractivity contribution in [2.75, 3.05) is 13.7 Å². The minimum Gasteiger partial charge on any atom is -0.497 e. The van der Waals surface area contributed by atoms with Crippen LogP contribution in [0.15, 0.2) is 52.2 Å². The zero-order valence-corrected chi connectivity index (χ0v) is 16.7. The van der Waals surface area contributed by atoms with Crippen molar-refractivity contribution in [1.29, 1.82) is 0 Å². The van der Waals surface area contributed by atoms with Gasteiger partial charge in [-0.15, -0.1) is 0 Å². The summed E-state index contributed by atoms with van der Waals surface area (Å²) < 4.78 is 13.4. The topological polar surface area (TPSA) is 40.5 Å². The van der Waals surface area contributed by atoms with Crippen molar-refractivity contribution >= 4 is 32.8 Å². The van der Waals surface area contributed by atoms with Crippen LogP contribution < -0.4 is 0 Å². The van der Waals surface area contributed by atoms with Crippen LogP contribution in [0.2, 0.25) is 0 Å². The molecule has 0 amide bonds. The number of para-hydroxylation sites is 1. The highest BCUT2D eigenvalue weighted by Gasteiger charge is 2.22. The van der Waals surface area contributed by atoms with Crippen molar-refractivity contribution in [2.45, 2.75) is 33.7 Å². The fourth-order valence-electron chi connectivity index (χ4n) is 2.75. The van der Waals surface area contributed by atoms with Gasteiger partial charge in [-0.05, 0) is 60.0 Å². The fraction of sp³-hybridized carbons (Fsp3) is 0.350. The summed E-state index contributed by atoms with van der Waals surface area (Å²) in [4.78, 5) is 12.5. The number of halogens is 1. The van der Waals surface area contributed by atoms with Crippen molar-refractivity contribution < 1.29 is 14.3 Å². The molecule has 0 saturated heterocycles. The number of esters is 1. The van der Waals surface area contributed by atoms with Crippen LogP contribution in [0.4, 0.5) is 0 Å². The van der Waals surface area contributed by atoms with Gasteiger partial charge >= 0.3 is 5.97 Å². The van der Waals surface area contributed by atoms with Crippen LogP contribution in [-0.4, -0.2) is 24.3 Å². The summed E-state index contributed by atoms with van der Waals surface area (Å²) in [5, 5.41) is 0.999. The van der Waals surface area contributed by atoms with E-state index < -0.39 is 0 Å². The summed E-state index contributed by atoms with van der Waals surface area (Å²) in [6, 6.07) is 7.96. The summed E-state index contributed by atoms with van der Waals surface area (Å²) in [6.07, 6.45) is 4.80. The van der Waals surface area contributed by atoms with Crippen LogP contribution in [0.3, 0.4) is 0 Å². The number of carbonyl (C=O) groups is 1. The van der Waals surface area contributed by atoms with E-state index >= 15 is 0 Å². The summed E-state index contributed by atoms with van der Waals surface area (Å²) in [5.41, 5.74) is 2.70. The van der Waals surface area contributed by atoms with Crippen molar-refractivity contribution in [3.05, 3.63) is 57.9 Å². The van der Waals surface area contributed by atoms with Crippen molar-refractivity contribution in [2.24, 2.45) is 0 Å². The molecule has 1 aromatic heterocycles. The maximum atomic E-state index is 12.5. The molecule has 4 nitrogen and oxygen atoms in total. The number of hydrogen-bond acceptors (Lipinski definition) is 3. The van der Waals surface area contributed by atoms with Gasteiger partial charge in [0.2, 0.25) is 0 Å². The second-order valence-corrected chi connectivity index (χ2v) is 6.33. The summed E-state index contributed by atoms with van der Waals surface area (Å²) >= 11 is 3.59. The number of benzene rings is 1. The van der Waals surface area contributed by atoms with Crippen LogP contribution in [0.5, 0.6) is 0 Å². The molecular weight excluding hydrogens is 382 g/mol. The molecule has 134 valence electrons. The van der Waals surface area contributed by atoms with Crippen LogP contribution >= 0.6 is 15.9 Å². The molecule has 0 bridgehead atoms. The molecule has 0 saturated carbocycles. The molecule has 0 atom stereocenters. The van der Waals surface area contributed by atoms with E-state index in [1.165, 1.54) is 0 Å². The predicted octanol–water partition coefficient (Wildman–Crippen LogP) is 5.47. The monoisotopic (exact) mass is 405 g/mol. The first kappa shape index (κ1) is 19.3. The lowest BCUT2D eigenvalue weighted by Gasteiger charge is -2.13. The van der Waals surface area contributed by atoms with Gasteiger partial charge < -0.3 is 14.0 Å². The van der Waals surface area contributed by atoms with Gasteiger partial charge in [-0.3, -0.25) is 0 Å². The standard InChI is InChI=1S/C20H24BrNO3/c1-5-14(12-15(6-2)24-4)13-22-17-11-9-8-10-16(17)18(21)19(22)20(23)25-7-3/h6,8-12H,5,7,13H2,1-4H3/b14-12+,15-6+. The molecule has 1 aromatic carbocycles. The molecule has 0 spiro atoms. The molecule has 5 heteroatoms. The van der Waals surface area contributed by atoms with E-state index in [9.17, 15) is 4.79 Å². The lowest BCUT2D eigenvalue weighted by Crippen LogP contribution is -2.14. The zero-order chi connectivity index (χ0) is 18.4. The van der Waals surface area contributed by atoms with Crippen LogP contribution in [-0.2, 0) is 16.0 Å². The number of methoxy groups -OCH3 is 1. The maximum absolute atomic E-state index is 12.5. The molecule has 2 aromatic rings. The Kier molecular flexibility index (Phi) is 6.88. The second kappa shape index (κ2) is 8.90. The lowest BCUT2D eigenvalue weighted by molar-refractivity contribution is 0.0513. The number of fused-ring (bicyclic) bond motifs is 1. The number of allylic oxidation sites excluding steroid dienone is 3. The smallest absolute Gasteiger partial charge is 0.356 e. The lowest BCUT2D eigenvalue weighted by atomic mass is 10.1. The van der Waals surface area contributed by atoms with Gasteiger partial charge in [-0.1, -0.05) is 25.1 Å². The highest BCUT2D eigenvalue weighted by atomic mass is 79.9. The van der Waals surface area contributed by atoms with Crippen LogP contribution in [0.25, 0.3) is 10.9 Å². The SMILES string of the molecule is C/C=C(\C=C(/CC)Cn1c(C(=O)OCC)c(Br)c2ccccc21)OC. The molecule has 0 aliphatic rings. The molecule has 0 fully saturated rings. The third-order valence-corrected chi connectivity index (χ3v) is 4.86. The number of ether oxygens (including phenoxy) is 2. The van der Waals surface area contributed by atoms with Gasteiger partial charge in [-0.2, -0.15) is 0 Å². The number of hydrogen-bond donors (Lipinski definition) is 0. The molecule has 2 rings (SSSR count). The Balaban J connectivity index is 2.59. The highest BCUT2D eigenvalue weighted by molar-refractivity contribution is 9.10. The first-order chi connectivity index (χ1) is 12.1. The molecule has 0 aliphatic carbocycles. The normalized spacial score (nSPS) is 12.5. The minimum absolute atomic E-state index is 0.320. The van der Waals surface area contributed by atoms with Gasteiger partial charge in [0.25, 0.3) is 0 Å². The van der Waals surface area contributed by atoms with Gasteiger partial charge in [0, 0.05) is 11.9 Å². The van der Waals surface area contributed by atoms with E-state index in [0.29, 0.717) is 18.8 Å². The summed E-state index contributed by atoms with van der Waals surface area (Å²) in [5.74, 6) is 0.490. The molecule has 25 heavy (non-hydrogen) atoms. The molecule has 0 N–H and O–H groups in total. The third kappa shape index (κ3) is 4.15. The minimum atomic E-state index is -0.320. The summed E-state index contributed by atoms with van der Waals surface area (Å²) in [6.45, 7) is 6.79. The Bertz CT molecular complexity index is 818. The second-order valence-electron chi connectivity index (χ2n) is 5.54. The molecular formula is C20H24BrNO3. The average molecular weight is 406 g/mol. The van der Waals surface area contributed by atoms with E-state index in [4.69, 9.17) is 9.47 Å². The molecule has 0 unspecified atom stereocenters. The van der Waals surface area contributed by atoms with E-state index in [1.54, 1.807) is 7.11 Å². The van der Waals surface area contributed by atoms with E-state index in [1.807, 2.05) is 54.8 Å². The molecule has 0 aliphatic heterocycles. The maximum Gasteiger partial charge on any atom is 0.356 e. The van der Waals surface area contributed by atoms with Crippen molar-refractivity contribution in [3.8, 4) is 0 Å². The predicted molar refractivity (Wildman–Crippen MR) is 105 cm³/mol. The van der Waals surface area contributed by atoms with E-state index in [-0.39, 0.29) is 5.97 Å². The van der Waals surface area contributed by atoms with Crippen LogP contribution in [0, 0.1) is 0 Å². The third-order valence-electron chi connectivity index (χ3n) is 4.06. The number of rotatable bonds is 7. The average Bonchev–Trinajstić information content (AvgIpc) is 2.91. The Morgan fingerprint density at radius 2 is 2.00 bits per heavy atom. The number of nitrogens with zero attached hydrogens (tertiary/aromatic N) is 1. The van der Waals surface area contributed by atoms with Crippen molar-refractivity contribution in [1.82, 2.24) is 4.57 Å². The van der Waals surface area contributed by atoms with E-state index in [2.05, 4.69) is 22.9 Å². The van der Waals surface area contributed by atoms with E-state index in [0.717, 1.165) is 33.1 Å². The fourth-order valence-corrected chi connectivity index (χ4v) is 3.46. The first-order valence-corrected chi connectivity index (χ1v) is 9.20. The highest BCUT2D eigenvalue weighted by Crippen LogP contribution is 2.32. The Morgan fingerprint density at radius 1 is 1.28 bits per heavy atom. The van der Waals surface area contributed by atoms with Gasteiger partial charge in [-0.25, -0.2) is 4.79 Å². The summed E-state index contributed by atoms with van der Waals surface area (Å²) in [7, 11) is 1.66. The Labute approximate surface area is 157 Å².